The van der Waals surface area contributed by atoms with Crippen LogP contribution in [0, 0.1) is 12.7 Å². The van der Waals surface area contributed by atoms with Crippen LogP contribution in [0.15, 0.2) is 60.3 Å². The van der Waals surface area contributed by atoms with Gasteiger partial charge in [0.15, 0.2) is 11.0 Å². The van der Waals surface area contributed by atoms with E-state index < -0.39 is 0 Å². The van der Waals surface area contributed by atoms with E-state index in [0.717, 1.165) is 11.1 Å². The number of nitrogens with one attached hydrogen (secondary N) is 1. The van der Waals surface area contributed by atoms with Gasteiger partial charge in [0.1, 0.15) is 11.6 Å². The number of aryl methyl sites for hydroxylation is 1. The molecule has 1 N–H and O–H groups in total. The Balaban J connectivity index is 1.73. The topological polar surface area (TPSA) is 69.0 Å². The number of nitrogens with zero attached hydrogens (tertiary/aromatic N) is 3. The average Bonchev–Trinajstić information content (AvgIpc) is 3.10. The number of halogens is 1. The maximum atomic E-state index is 13.2. The van der Waals surface area contributed by atoms with Gasteiger partial charge in [-0.3, -0.25) is 9.36 Å². The monoisotopic (exact) mass is 412 g/mol. The maximum absolute atomic E-state index is 13.2. The normalized spacial score (nSPS) is 10.6. The Hall–Kier alpha value is -3.13. The number of aromatic nitrogens is 3. The summed E-state index contributed by atoms with van der Waals surface area (Å²) < 4.78 is 20.3. The Kier molecular flexibility index (Phi) is 6.66. The van der Waals surface area contributed by atoms with Crippen molar-refractivity contribution in [3.8, 4) is 17.1 Å². The summed E-state index contributed by atoms with van der Waals surface area (Å²) in [6.45, 7) is 6.18. The van der Waals surface area contributed by atoms with Crippen LogP contribution in [0.2, 0.25) is 0 Å². The molecule has 3 aromatic rings. The Morgan fingerprint density at radius 2 is 2.03 bits per heavy atom. The number of thioether (sulfide) groups is 1. The van der Waals surface area contributed by atoms with E-state index >= 15 is 0 Å². The lowest BCUT2D eigenvalue weighted by Gasteiger charge is -2.11. The lowest BCUT2D eigenvalue weighted by molar-refractivity contribution is -0.113. The largest absolute Gasteiger partial charge is 0.495 e. The van der Waals surface area contributed by atoms with Crippen molar-refractivity contribution in [3.05, 3.63) is 66.5 Å². The highest BCUT2D eigenvalue weighted by Gasteiger charge is 2.16. The molecule has 150 valence electrons. The van der Waals surface area contributed by atoms with Crippen LogP contribution < -0.4 is 10.1 Å². The first kappa shape index (κ1) is 20.6. The summed E-state index contributed by atoms with van der Waals surface area (Å²) in [7, 11) is 1.56. The van der Waals surface area contributed by atoms with E-state index in [0.29, 0.717) is 29.0 Å². The second kappa shape index (κ2) is 9.38. The number of hydrogen-bond acceptors (Lipinski definition) is 5. The Bertz CT molecular complexity index is 1020. The Morgan fingerprint density at radius 1 is 1.28 bits per heavy atom. The molecule has 0 saturated heterocycles. The molecule has 0 aliphatic carbocycles. The van der Waals surface area contributed by atoms with Crippen LogP contribution >= 0.6 is 11.8 Å². The predicted molar refractivity (Wildman–Crippen MR) is 113 cm³/mol. The third-order valence-electron chi connectivity index (χ3n) is 4.09. The predicted octanol–water partition coefficient (Wildman–Crippen LogP) is 4.32. The molecule has 0 spiro atoms. The lowest BCUT2D eigenvalue weighted by Crippen LogP contribution is -2.15. The minimum atomic E-state index is -0.318. The van der Waals surface area contributed by atoms with Crippen molar-refractivity contribution in [1.82, 2.24) is 14.8 Å². The molecule has 0 fully saturated rings. The molecule has 0 unspecified atom stereocenters. The van der Waals surface area contributed by atoms with E-state index in [1.807, 2.05) is 29.7 Å². The first-order chi connectivity index (χ1) is 14.0. The van der Waals surface area contributed by atoms with Crippen molar-refractivity contribution in [3.63, 3.8) is 0 Å². The molecule has 8 heteroatoms. The zero-order valence-corrected chi connectivity index (χ0v) is 17.0. The van der Waals surface area contributed by atoms with Gasteiger partial charge in [-0.05, 0) is 48.9 Å². The number of hydrogen-bond donors (Lipinski definition) is 1. The number of benzene rings is 2. The zero-order valence-electron chi connectivity index (χ0n) is 16.2. The van der Waals surface area contributed by atoms with Gasteiger partial charge in [-0.15, -0.1) is 16.8 Å². The van der Waals surface area contributed by atoms with E-state index in [1.165, 1.54) is 23.9 Å². The molecule has 6 nitrogen and oxygen atoms in total. The van der Waals surface area contributed by atoms with Gasteiger partial charge in [0.2, 0.25) is 5.91 Å². The first-order valence-corrected chi connectivity index (χ1v) is 9.87. The van der Waals surface area contributed by atoms with Gasteiger partial charge in [-0.1, -0.05) is 23.9 Å². The molecule has 0 aliphatic heterocycles. The summed E-state index contributed by atoms with van der Waals surface area (Å²) in [5.41, 5.74) is 2.38. The number of carbonyl (C=O) groups excluding carboxylic acids is 1. The summed E-state index contributed by atoms with van der Waals surface area (Å²) in [6, 6.07) is 11.6. The fourth-order valence-electron chi connectivity index (χ4n) is 2.74. The maximum Gasteiger partial charge on any atom is 0.234 e. The minimum Gasteiger partial charge on any atom is -0.495 e. The number of rotatable bonds is 8. The van der Waals surface area contributed by atoms with Crippen LogP contribution in [0.3, 0.4) is 0 Å². The van der Waals surface area contributed by atoms with Crippen molar-refractivity contribution in [2.24, 2.45) is 0 Å². The van der Waals surface area contributed by atoms with Crippen molar-refractivity contribution in [1.29, 1.82) is 0 Å². The highest BCUT2D eigenvalue weighted by molar-refractivity contribution is 7.99. The molecule has 1 heterocycles. The van der Waals surface area contributed by atoms with Crippen LogP contribution in [0.25, 0.3) is 11.4 Å². The van der Waals surface area contributed by atoms with Crippen LogP contribution in [-0.4, -0.2) is 33.5 Å². The van der Waals surface area contributed by atoms with Gasteiger partial charge < -0.3 is 10.1 Å². The van der Waals surface area contributed by atoms with E-state index in [-0.39, 0.29) is 17.5 Å². The Morgan fingerprint density at radius 3 is 2.72 bits per heavy atom. The van der Waals surface area contributed by atoms with Crippen molar-refractivity contribution < 1.29 is 13.9 Å². The van der Waals surface area contributed by atoms with Crippen LogP contribution in [-0.2, 0) is 11.3 Å². The van der Waals surface area contributed by atoms with Crippen LogP contribution in [0.1, 0.15) is 5.56 Å². The van der Waals surface area contributed by atoms with Gasteiger partial charge >= 0.3 is 0 Å². The number of anilines is 1. The molecule has 0 radical (unpaired) electrons. The van der Waals surface area contributed by atoms with E-state index in [9.17, 15) is 9.18 Å². The molecule has 3 rings (SSSR count). The molecular formula is C21H21FN4O2S. The molecule has 29 heavy (non-hydrogen) atoms. The van der Waals surface area contributed by atoms with Crippen molar-refractivity contribution >= 4 is 23.4 Å². The standard InChI is InChI=1S/C21H21FN4O2S/c1-4-11-26-20(15-6-8-16(22)9-7-15)24-25-21(26)29-13-19(27)23-17-12-14(2)5-10-18(17)28-3/h4-10,12H,1,11,13H2,2-3H3,(H,23,27). The van der Waals surface area contributed by atoms with Gasteiger partial charge in [0, 0.05) is 12.1 Å². The molecule has 0 aliphatic rings. The highest BCUT2D eigenvalue weighted by Crippen LogP contribution is 2.27. The summed E-state index contributed by atoms with van der Waals surface area (Å²) >= 11 is 1.27. The molecule has 1 aromatic heterocycles. The Labute approximate surface area is 172 Å². The number of carbonyl (C=O) groups is 1. The number of amides is 1. The molecule has 0 bridgehead atoms. The third kappa shape index (κ3) is 5.03. The summed E-state index contributed by atoms with van der Waals surface area (Å²) in [5, 5.41) is 11.8. The lowest BCUT2D eigenvalue weighted by atomic mass is 10.2. The molecular weight excluding hydrogens is 391 g/mol. The van der Waals surface area contributed by atoms with Crippen molar-refractivity contribution in [2.75, 3.05) is 18.2 Å². The molecule has 0 atom stereocenters. The number of methoxy groups -OCH3 is 1. The number of allylic oxidation sites excluding steroid dienone is 1. The smallest absolute Gasteiger partial charge is 0.234 e. The summed E-state index contributed by atoms with van der Waals surface area (Å²) in [5.74, 6) is 0.836. The van der Waals surface area contributed by atoms with E-state index in [4.69, 9.17) is 4.74 Å². The molecule has 1 amide bonds. The fourth-order valence-corrected chi connectivity index (χ4v) is 3.49. The number of ether oxygens (including phenoxy) is 1. The molecule has 2 aromatic carbocycles. The highest BCUT2D eigenvalue weighted by atomic mass is 32.2. The summed E-state index contributed by atoms with van der Waals surface area (Å²) in [6.07, 6.45) is 1.72. The van der Waals surface area contributed by atoms with Gasteiger partial charge in [-0.2, -0.15) is 0 Å². The zero-order chi connectivity index (χ0) is 20.8. The van der Waals surface area contributed by atoms with Gasteiger partial charge in [-0.25, -0.2) is 4.39 Å². The second-order valence-corrected chi connectivity index (χ2v) is 7.20. The second-order valence-electron chi connectivity index (χ2n) is 6.25. The van der Waals surface area contributed by atoms with Crippen LogP contribution in [0.4, 0.5) is 10.1 Å². The third-order valence-corrected chi connectivity index (χ3v) is 5.06. The van der Waals surface area contributed by atoms with Crippen LogP contribution in [0.5, 0.6) is 5.75 Å². The average molecular weight is 412 g/mol. The van der Waals surface area contributed by atoms with E-state index in [2.05, 4.69) is 22.1 Å². The fraction of sp³-hybridized carbons (Fsp3) is 0.190. The first-order valence-electron chi connectivity index (χ1n) is 8.89. The minimum absolute atomic E-state index is 0.149. The SMILES string of the molecule is C=CCn1c(SCC(=O)Nc2cc(C)ccc2OC)nnc1-c1ccc(F)cc1. The van der Waals surface area contributed by atoms with Gasteiger partial charge in [0.05, 0.1) is 18.6 Å². The molecule has 0 saturated carbocycles. The van der Waals surface area contributed by atoms with Gasteiger partial charge in [0.25, 0.3) is 0 Å². The quantitative estimate of drug-likeness (QED) is 0.441. The summed E-state index contributed by atoms with van der Waals surface area (Å²) in [4.78, 5) is 12.4. The van der Waals surface area contributed by atoms with E-state index in [1.54, 1.807) is 25.3 Å². The van der Waals surface area contributed by atoms with Crippen molar-refractivity contribution in [2.45, 2.75) is 18.6 Å².